The second-order valence-corrected chi connectivity index (χ2v) is 11.1. The van der Waals surface area contributed by atoms with E-state index >= 15 is 0 Å². The molecule has 1 amide bonds. The van der Waals surface area contributed by atoms with Crippen molar-refractivity contribution in [1.82, 2.24) is 14.8 Å². The number of aromatic nitrogens is 1. The van der Waals surface area contributed by atoms with Crippen LogP contribution >= 0.6 is 0 Å². The van der Waals surface area contributed by atoms with Gasteiger partial charge >= 0.3 is 0 Å². The zero-order valence-electron chi connectivity index (χ0n) is 21.1. The van der Waals surface area contributed by atoms with E-state index in [9.17, 15) is 17.6 Å². The summed E-state index contributed by atoms with van der Waals surface area (Å²) in [5.41, 5.74) is 2.61. The van der Waals surface area contributed by atoms with Crippen molar-refractivity contribution >= 4 is 33.8 Å². The van der Waals surface area contributed by atoms with Crippen LogP contribution in [0.25, 0.3) is 12.2 Å². The van der Waals surface area contributed by atoms with Crippen molar-refractivity contribution in [2.45, 2.75) is 31.2 Å². The first-order valence-electron chi connectivity index (χ1n) is 12.1. The lowest BCUT2D eigenvalue weighted by molar-refractivity contribution is -0.126. The number of rotatable bonds is 8. The molecule has 0 radical (unpaired) electrons. The van der Waals surface area contributed by atoms with Crippen LogP contribution in [0.3, 0.4) is 0 Å². The lowest BCUT2D eigenvalue weighted by Crippen LogP contribution is -2.43. The summed E-state index contributed by atoms with van der Waals surface area (Å²) < 4.78 is 47.5. The van der Waals surface area contributed by atoms with Gasteiger partial charge in [0.2, 0.25) is 15.9 Å². The lowest BCUT2D eigenvalue weighted by atomic mass is 9.97. The first-order valence-corrected chi connectivity index (χ1v) is 13.5. The molecule has 0 saturated carbocycles. The Morgan fingerprint density at radius 1 is 1.14 bits per heavy atom. The summed E-state index contributed by atoms with van der Waals surface area (Å²) in [6.07, 6.45) is 3.69. The van der Waals surface area contributed by atoms with E-state index in [1.54, 1.807) is 25.1 Å². The highest BCUT2D eigenvalue weighted by Crippen LogP contribution is 2.29. The lowest BCUT2D eigenvalue weighted by Gasteiger charge is -2.30. The smallest absolute Gasteiger partial charge is 0.248 e. The average molecular weight is 527 g/mol. The highest BCUT2D eigenvalue weighted by atomic mass is 32.2. The standard InChI is InChI=1S/C27H31FN4O4S/c1-19-26(25(36-30-19)13-10-21-6-4-5-7-24(21)28)37(34,35)32-16-14-22(15-17-32)27(33)29-18-20-8-11-23(12-9-20)31(2)3/h4-13,22H,14-18H2,1-3H3,(H,29,33)/b13-10+. The van der Waals surface area contributed by atoms with Gasteiger partial charge in [-0.15, -0.1) is 0 Å². The van der Waals surface area contributed by atoms with E-state index in [1.807, 2.05) is 43.3 Å². The molecule has 1 saturated heterocycles. The zero-order chi connectivity index (χ0) is 26.6. The fourth-order valence-corrected chi connectivity index (χ4v) is 6.03. The van der Waals surface area contributed by atoms with Gasteiger partial charge in [-0.1, -0.05) is 35.5 Å². The predicted octanol–water partition coefficient (Wildman–Crippen LogP) is 4.08. The summed E-state index contributed by atoms with van der Waals surface area (Å²) in [7, 11) is 0.0250. The van der Waals surface area contributed by atoms with E-state index in [4.69, 9.17) is 4.52 Å². The van der Waals surface area contributed by atoms with Gasteiger partial charge < -0.3 is 14.7 Å². The van der Waals surface area contributed by atoms with Gasteiger partial charge in [-0.2, -0.15) is 4.31 Å². The minimum absolute atomic E-state index is 0.0378. The van der Waals surface area contributed by atoms with Crippen molar-refractivity contribution in [2.75, 3.05) is 32.1 Å². The molecule has 196 valence electrons. The minimum Gasteiger partial charge on any atom is -0.378 e. The van der Waals surface area contributed by atoms with Crippen LogP contribution in [0, 0.1) is 18.7 Å². The predicted molar refractivity (Wildman–Crippen MR) is 141 cm³/mol. The fraction of sp³-hybridized carbons (Fsp3) is 0.333. The normalized spacial score (nSPS) is 15.2. The molecule has 0 aliphatic carbocycles. The van der Waals surface area contributed by atoms with E-state index in [-0.39, 0.29) is 41.3 Å². The molecule has 3 aromatic rings. The second kappa shape index (κ2) is 11.3. The number of carbonyl (C=O) groups excluding carboxylic acids is 1. The van der Waals surface area contributed by atoms with Crippen molar-refractivity contribution in [2.24, 2.45) is 5.92 Å². The Labute approximate surface area is 216 Å². The molecule has 1 fully saturated rings. The molecular formula is C27H31FN4O4S. The largest absolute Gasteiger partial charge is 0.378 e. The van der Waals surface area contributed by atoms with Gasteiger partial charge in [0.1, 0.15) is 11.5 Å². The van der Waals surface area contributed by atoms with E-state index in [2.05, 4.69) is 10.5 Å². The van der Waals surface area contributed by atoms with E-state index in [0.717, 1.165) is 11.3 Å². The number of nitrogens with one attached hydrogen (secondary N) is 1. The van der Waals surface area contributed by atoms with Crippen LogP contribution in [0.1, 0.15) is 35.4 Å². The Bertz CT molecular complexity index is 1380. The third-order valence-corrected chi connectivity index (χ3v) is 8.55. The number of halogens is 1. The van der Waals surface area contributed by atoms with Gasteiger partial charge in [0.05, 0.1) is 0 Å². The maximum atomic E-state index is 14.0. The molecule has 2 heterocycles. The minimum atomic E-state index is -3.91. The Balaban J connectivity index is 1.38. The van der Waals surface area contributed by atoms with Crippen LogP contribution in [0.5, 0.6) is 0 Å². The maximum Gasteiger partial charge on any atom is 0.248 e. The highest BCUT2D eigenvalue weighted by Gasteiger charge is 2.35. The Morgan fingerprint density at radius 2 is 1.81 bits per heavy atom. The van der Waals surface area contributed by atoms with Crippen molar-refractivity contribution in [3.63, 3.8) is 0 Å². The number of piperidine rings is 1. The molecule has 0 bridgehead atoms. The number of sulfonamides is 1. The van der Waals surface area contributed by atoms with Crippen molar-refractivity contribution < 1.29 is 22.1 Å². The van der Waals surface area contributed by atoms with Crippen molar-refractivity contribution in [3.8, 4) is 0 Å². The molecule has 1 aromatic heterocycles. The first-order chi connectivity index (χ1) is 17.7. The molecule has 2 aromatic carbocycles. The number of amides is 1. The number of anilines is 1. The number of hydrogen-bond acceptors (Lipinski definition) is 6. The van der Waals surface area contributed by atoms with Crippen LogP contribution in [0.4, 0.5) is 10.1 Å². The number of carbonyl (C=O) groups is 1. The summed E-state index contributed by atoms with van der Waals surface area (Å²) in [6.45, 7) is 2.39. The third-order valence-electron chi connectivity index (χ3n) is 6.49. The number of benzene rings is 2. The fourth-order valence-electron chi connectivity index (χ4n) is 4.31. The second-order valence-electron chi connectivity index (χ2n) is 9.27. The van der Waals surface area contributed by atoms with Crippen LogP contribution in [0.15, 0.2) is 57.9 Å². The molecule has 4 rings (SSSR count). The molecule has 37 heavy (non-hydrogen) atoms. The summed E-state index contributed by atoms with van der Waals surface area (Å²) >= 11 is 0. The number of hydrogen-bond donors (Lipinski definition) is 1. The van der Waals surface area contributed by atoms with Crippen LogP contribution in [-0.2, 0) is 21.4 Å². The molecule has 0 atom stereocenters. The number of aryl methyl sites for hydroxylation is 1. The molecule has 0 unspecified atom stereocenters. The summed E-state index contributed by atoms with van der Waals surface area (Å²) in [4.78, 5) is 14.7. The molecule has 1 aliphatic rings. The van der Waals surface area contributed by atoms with Crippen LogP contribution < -0.4 is 10.2 Å². The molecule has 1 aliphatic heterocycles. The van der Waals surface area contributed by atoms with E-state index in [0.29, 0.717) is 24.9 Å². The zero-order valence-corrected chi connectivity index (χ0v) is 22.0. The van der Waals surface area contributed by atoms with Crippen LogP contribution in [-0.4, -0.2) is 51.0 Å². The van der Waals surface area contributed by atoms with Gasteiger partial charge in [0.25, 0.3) is 0 Å². The molecule has 0 spiro atoms. The quantitative estimate of drug-likeness (QED) is 0.475. The number of nitrogens with zero attached hydrogens (tertiary/aromatic N) is 3. The van der Waals surface area contributed by atoms with Gasteiger partial charge in [-0.05, 0) is 55.7 Å². The summed E-state index contributed by atoms with van der Waals surface area (Å²) in [5, 5.41) is 6.80. The third kappa shape index (κ3) is 6.08. The first kappa shape index (κ1) is 26.6. The molecule has 8 nitrogen and oxygen atoms in total. The molecule has 10 heteroatoms. The summed E-state index contributed by atoms with van der Waals surface area (Å²) in [5.74, 6) is -0.730. The maximum absolute atomic E-state index is 14.0. The van der Waals surface area contributed by atoms with Gasteiger partial charge in [-0.3, -0.25) is 4.79 Å². The van der Waals surface area contributed by atoms with E-state index < -0.39 is 15.8 Å². The highest BCUT2D eigenvalue weighted by molar-refractivity contribution is 7.89. The Hall–Kier alpha value is -3.50. The van der Waals surface area contributed by atoms with Crippen molar-refractivity contribution in [1.29, 1.82) is 0 Å². The van der Waals surface area contributed by atoms with E-state index in [1.165, 1.54) is 22.5 Å². The van der Waals surface area contributed by atoms with Gasteiger partial charge in [0, 0.05) is 50.9 Å². The van der Waals surface area contributed by atoms with Gasteiger partial charge in [0.15, 0.2) is 10.7 Å². The molecule has 1 N–H and O–H groups in total. The molecular weight excluding hydrogens is 495 g/mol. The monoisotopic (exact) mass is 526 g/mol. The van der Waals surface area contributed by atoms with Crippen LogP contribution in [0.2, 0.25) is 0 Å². The Morgan fingerprint density at radius 3 is 2.46 bits per heavy atom. The van der Waals surface area contributed by atoms with Gasteiger partial charge in [-0.25, -0.2) is 12.8 Å². The average Bonchev–Trinajstić information content (AvgIpc) is 3.28. The Kier molecular flexibility index (Phi) is 8.09. The topological polar surface area (TPSA) is 95.8 Å². The van der Waals surface area contributed by atoms with Crippen molar-refractivity contribution in [3.05, 3.63) is 76.9 Å². The SMILES string of the molecule is Cc1noc(/C=C/c2ccccc2F)c1S(=O)(=O)N1CCC(C(=O)NCc2ccc(N(C)C)cc2)CC1. The summed E-state index contributed by atoms with van der Waals surface area (Å²) in [6, 6.07) is 14.1.